The van der Waals surface area contributed by atoms with E-state index in [1.165, 1.54) is 31.4 Å². The van der Waals surface area contributed by atoms with Gasteiger partial charge in [0.25, 0.3) is 0 Å². The number of aryl methyl sites for hydroxylation is 1. The first-order valence-corrected chi connectivity index (χ1v) is 9.34. The third kappa shape index (κ3) is 2.84. The lowest BCUT2D eigenvalue weighted by atomic mass is 9.80. The first kappa shape index (κ1) is 19.3. The molecule has 2 aliphatic heterocycles. The molecule has 1 N–H and O–H groups in total. The lowest BCUT2D eigenvalue weighted by Crippen LogP contribution is -2.54. The number of rotatable bonds is 3. The zero-order chi connectivity index (χ0) is 20.9. The SMILES string of the molecule is COC(=O)[C@@]1(C)N[C@@H](c2ccc(C)cc2)[C@@H]2C(=O)N(c3ccc(F)cc3)C(=O)[C@H]21. The fraction of sp³-hybridized carbons (Fsp3) is 0.318. The molecule has 2 aromatic rings. The van der Waals surface area contributed by atoms with E-state index in [2.05, 4.69) is 5.32 Å². The minimum absolute atomic E-state index is 0.283. The number of fused-ring (bicyclic) bond motifs is 1. The molecule has 0 aliphatic carbocycles. The number of anilines is 1. The summed E-state index contributed by atoms with van der Waals surface area (Å²) in [4.78, 5) is 40.4. The van der Waals surface area contributed by atoms with Crippen molar-refractivity contribution in [2.75, 3.05) is 12.0 Å². The highest BCUT2D eigenvalue weighted by Gasteiger charge is 2.67. The standard InChI is InChI=1S/C22H21FN2O4/c1-12-4-6-13(7-5-12)18-16-17(22(2,24-18)21(28)29-3)20(27)25(19(16)26)15-10-8-14(23)9-11-15/h4-11,16-18,24H,1-3H3/t16-,17+,18+,22+/m1/s1. The van der Waals surface area contributed by atoms with Gasteiger partial charge in [0, 0.05) is 6.04 Å². The number of methoxy groups -OCH3 is 1. The Hall–Kier alpha value is -3.06. The lowest BCUT2D eigenvalue weighted by molar-refractivity contribution is -0.151. The molecule has 0 spiro atoms. The molecule has 4 atom stereocenters. The zero-order valence-corrected chi connectivity index (χ0v) is 16.3. The van der Waals surface area contributed by atoms with Crippen LogP contribution in [0.2, 0.25) is 0 Å². The van der Waals surface area contributed by atoms with E-state index in [1.54, 1.807) is 6.92 Å². The Kier molecular flexibility index (Phi) is 4.50. The van der Waals surface area contributed by atoms with Gasteiger partial charge in [-0.2, -0.15) is 0 Å². The van der Waals surface area contributed by atoms with Crippen LogP contribution in [-0.4, -0.2) is 30.4 Å². The summed E-state index contributed by atoms with van der Waals surface area (Å²) >= 11 is 0. The van der Waals surface area contributed by atoms with E-state index in [-0.39, 0.29) is 5.69 Å². The first-order valence-electron chi connectivity index (χ1n) is 9.34. The molecule has 2 heterocycles. The van der Waals surface area contributed by atoms with Crippen molar-refractivity contribution in [2.45, 2.75) is 25.4 Å². The maximum atomic E-state index is 13.4. The number of benzene rings is 2. The summed E-state index contributed by atoms with van der Waals surface area (Å²) in [6, 6.07) is 12.2. The number of carbonyl (C=O) groups excluding carboxylic acids is 3. The molecule has 2 aliphatic rings. The van der Waals surface area contributed by atoms with Crippen molar-refractivity contribution < 1.29 is 23.5 Å². The van der Waals surface area contributed by atoms with Gasteiger partial charge in [-0.15, -0.1) is 0 Å². The van der Waals surface area contributed by atoms with E-state index < -0.39 is 47.0 Å². The fourth-order valence-electron chi connectivity index (χ4n) is 4.44. The average Bonchev–Trinajstić information content (AvgIpc) is 3.17. The Morgan fingerprint density at radius 2 is 1.69 bits per heavy atom. The van der Waals surface area contributed by atoms with Gasteiger partial charge in [-0.25, -0.2) is 9.29 Å². The third-order valence-corrected chi connectivity index (χ3v) is 5.92. The summed E-state index contributed by atoms with van der Waals surface area (Å²) in [5, 5.41) is 3.19. The molecule has 150 valence electrons. The van der Waals surface area contributed by atoms with Gasteiger partial charge < -0.3 is 4.74 Å². The first-order chi connectivity index (χ1) is 13.8. The van der Waals surface area contributed by atoms with E-state index >= 15 is 0 Å². The van der Waals surface area contributed by atoms with E-state index in [1.807, 2.05) is 31.2 Å². The van der Waals surface area contributed by atoms with Crippen molar-refractivity contribution in [3.05, 3.63) is 65.5 Å². The summed E-state index contributed by atoms with van der Waals surface area (Å²) in [6.07, 6.45) is 0. The Bertz CT molecular complexity index is 989. The van der Waals surface area contributed by atoms with Crippen LogP contribution in [0.25, 0.3) is 0 Å². The molecule has 0 saturated carbocycles. The van der Waals surface area contributed by atoms with Gasteiger partial charge in [0.2, 0.25) is 11.8 Å². The molecule has 2 fully saturated rings. The normalized spacial score (nSPS) is 28.6. The molecule has 0 unspecified atom stereocenters. The van der Waals surface area contributed by atoms with E-state index in [9.17, 15) is 18.8 Å². The highest BCUT2D eigenvalue weighted by Crippen LogP contribution is 2.49. The van der Waals surface area contributed by atoms with Gasteiger partial charge in [-0.05, 0) is 43.7 Å². The van der Waals surface area contributed by atoms with Crippen LogP contribution in [0.15, 0.2) is 48.5 Å². The summed E-state index contributed by atoms with van der Waals surface area (Å²) in [5.74, 6) is -3.70. The molecule has 2 saturated heterocycles. The molecule has 0 radical (unpaired) electrons. The summed E-state index contributed by atoms with van der Waals surface area (Å²) in [6.45, 7) is 3.54. The van der Waals surface area contributed by atoms with E-state index in [4.69, 9.17) is 4.74 Å². The predicted octanol–water partition coefficient (Wildman–Crippen LogP) is 2.52. The minimum atomic E-state index is -1.36. The summed E-state index contributed by atoms with van der Waals surface area (Å²) < 4.78 is 18.3. The molecular formula is C22H21FN2O4. The predicted molar refractivity (Wildman–Crippen MR) is 103 cm³/mol. The Labute approximate surface area is 167 Å². The van der Waals surface area contributed by atoms with Crippen molar-refractivity contribution in [1.29, 1.82) is 0 Å². The lowest BCUT2D eigenvalue weighted by Gasteiger charge is -2.28. The Morgan fingerprint density at radius 3 is 2.28 bits per heavy atom. The average molecular weight is 396 g/mol. The third-order valence-electron chi connectivity index (χ3n) is 5.92. The van der Waals surface area contributed by atoms with Crippen LogP contribution in [0.5, 0.6) is 0 Å². The maximum absolute atomic E-state index is 13.4. The molecular weight excluding hydrogens is 375 g/mol. The highest BCUT2D eigenvalue weighted by atomic mass is 19.1. The Morgan fingerprint density at radius 1 is 1.07 bits per heavy atom. The van der Waals surface area contributed by atoms with Crippen LogP contribution in [0.3, 0.4) is 0 Å². The number of esters is 1. The van der Waals surface area contributed by atoms with Crippen LogP contribution in [-0.2, 0) is 19.1 Å². The van der Waals surface area contributed by atoms with E-state index in [0.717, 1.165) is 16.0 Å². The molecule has 2 aromatic carbocycles. The van der Waals surface area contributed by atoms with Crippen LogP contribution in [0, 0.1) is 24.6 Å². The van der Waals surface area contributed by atoms with E-state index in [0.29, 0.717) is 0 Å². The second-order valence-electron chi connectivity index (χ2n) is 7.72. The van der Waals surface area contributed by atoms with Gasteiger partial charge >= 0.3 is 5.97 Å². The van der Waals surface area contributed by atoms with Crippen LogP contribution < -0.4 is 10.2 Å². The van der Waals surface area contributed by atoms with Crippen molar-refractivity contribution in [2.24, 2.45) is 11.8 Å². The topological polar surface area (TPSA) is 75.7 Å². The van der Waals surface area contributed by atoms with Crippen LogP contribution >= 0.6 is 0 Å². The number of nitrogens with one attached hydrogen (secondary N) is 1. The second-order valence-corrected chi connectivity index (χ2v) is 7.72. The van der Waals surface area contributed by atoms with Gasteiger partial charge in [-0.1, -0.05) is 29.8 Å². The molecule has 6 nitrogen and oxygen atoms in total. The highest BCUT2D eigenvalue weighted by molar-refractivity contribution is 6.24. The number of imide groups is 1. The van der Waals surface area contributed by atoms with Crippen molar-refractivity contribution in [3.63, 3.8) is 0 Å². The number of halogens is 1. The van der Waals surface area contributed by atoms with Gasteiger partial charge in [-0.3, -0.25) is 19.7 Å². The molecule has 7 heteroatoms. The van der Waals surface area contributed by atoms with Crippen LogP contribution in [0.1, 0.15) is 24.1 Å². The number of amides is 2. The molecule has 0 aromatic heterocycles. The Balaban J connectivity index is 1.81. The molecule has 29 heavy (non-hydrogen) atoms. The largest absolute Gasteiger partial charge is 0.468 e. The number of hydrogen-bond acceptors (Lipinski definition) is 5. The van der Waals surface area contributed by atoms with Gasteiger partial charge in [0.05, 0.1) is 24.6 Å². The fourth-order valence-corrected chi connectivity index (χ4v) is 4.44. The number of nitrogens with zero attached hydrogens (tertiary/aromatic N) is 1. The molecule has 2 amide bonds. The van der Waals surface area contributed by atoms with Gasteiger partial charge in [0.15, 0.2) is 0 Å². The smallest absolute Gasteiger partial charge is 0.326 e. The summed E-state index contributed by atoms with van der Waals surface area (Å²) in [7, 11) is 1.25. The maximum Gasteiger partial charge on any atom is 0.326 e. The van der Waals surface area contributed by atoms with Gasteiger partial charge in [0.1, 0.15) is 11.4 Å². The molecule has 4 rings (SSSR count). The number of ether oxygens (including phenoxy) is 1. The van der Waals surface area contributed by atoms with Crippen molar-refractivity contribution in [1.82, 2.24) is 5.32 Å². The number of carbonyl (C=O) groups is 3. The zero-order valence-electron chi connectivity index (χ0n) is 16.3. The quantitative estimate of drug-likeness (QED) is 0.637. The van der Waals surface area contributed by atoms with Crippen molar-refractivity contribution in [3.8, 4) is 0 Å². The number of hydrogen-bond donors (Lipinski definition) is 1. The second kappa shape index (κ2) is 6.77. The molecule has 0 bridgehead atoms. The summed E-state index contributed by atoms with van der Waals surface area (Å²) in [5.41, 5.74) is 0.781. The monoisotopic (exact) mass is 396 g/mol. The van der Waals surface area contributed by atoms with Crippen molar-refractivity contribution >= 4 is 23.5 Å². The van der Waals surface area contributed by atoms with Crippen LogP contribution in [0.4, 0.5) is 10.1 Å². The minimum Gasteiger partial charge on any atom is -0.468 e.